The molecule has 0 saturated carbocycles. The lowest BCUT2D eigenvalue weighted by Gasteiger charge is -2.35. The van der Waals surface area contributed by atoms with Gasteiger partial charge in [-0.1, -0.05) is 37.3 Å². The number of H-pyrrole nitrogens is 1. The van der Waals surface area contributed by atoms with Gasteiger partial charge in [0.2, 0.25) is 0 Å². The summed E-state index contributed by atoms with van der Waals surface area (Å²) in [6.45, 7) is 4.54. The Hall–Kier alpha value is -2.07. The minimum atomic E-state index is -0.831. The number of aliphatic carboxylic acids is 1. The molecule has 0 saturated heterocycles. The van der Waals surface area contributed by atoms with Gasteiger partial charge in [0.15, 0.2) is 0 Å². The number of allylic oxidation sites excluding steroid dienone is 1. The minimum absolute atomic E-state index is 0.0116. The second kappa shape index (κ2) is 5.61. The van der Waals surface area contributed by atoms with Crippen LogP contribution in [0.5, 0.6) is 0 Å². The van der Waals surface area contributed by atoms with E-state index < -0.39 is 11.6 Å². The van der Waals surface area contributed by atoms with Crippen molar-refractivity contribution in [3.8, 4) is 0 Å². The summed E-state index contributed by atoms with van der Waals surface area (Å²) < 4.78 is 5.95. The number of carboxylic acids is 1. The van der Waals surface area contributed by atoms with Gasteiger partial charge in [0.25, 0.3) is 0 Å². The highest BCUT2D eigenvalue weighted by Gasteiger charge is 2.40. The molecule has 0 amide bonds. The van der Waals surface area contributed by atoms with Gasteiger partial charge in [-0.15, -0.1) is 0 Å². The van der Waals surface area contributed by atoms with Gasteiger partial charge in [0.05, 0.1) is 24.2 Å². The third-order valence-corrected chi connectivity index (χ3v) is 4.51. The zero-order valence-electron chi connectivity index (χ0n) is 13.0. The number of carboxylic acid groups (broad SMARTS) is 1. The van der Waals surface area contributed by atoms with E-state index in [0.29, 0.717) is 13.0 Å². The average Bonchev–Trinajstić information content (AvgIpc) is 2.88. The van der Waals surface area contributed by atoms with Crippen LogP contribution in [0.15, 0.2) is 24.3 Å². The van der Waals surface area contributed by atoms with Crippen molar-refractivity contribution in [1.29, 1.82) is 0 Å². The first-order valence-electron chi connectivity index (χ1n) is 7.74. The Balaban J connectivity index is 2.24. The molecule has 0 spiro atoms. The Morgan fingerprint density at radius 2 is 2.32 bits per heavy atom. The zero-order valence-corrected chi connectivity index (χ0v) is 13.0. The number of para-hydroxylation sites is 1. The highest BCUT2D eigenvalue weighted by atomic mass is 16.5. The maximum absolute atomic E-state index is 11.3. The normalized spacial score (nSPS) is 21.4. The van der Waals surface area contributed by atoms with E-state index in [1.807, 2.05) is 26.0 Å². The molecule has 0 aliphatic carbocycles. The Bertz CT molecular complexity index is 744. The zero-order chi connectivity index (χ0) is 15.7. The Labute approximate surface area is 129 Å². The molecule has 1 aliphatic rings. The minimum Gasteiger partial charge on any atom is -0.481 e. The number of hydrogen-bond acceptors (Lipinski definition) is 2. The van der Waals surface area contributed by atoms with Crippen molar-refractivity contribution in [2.24, 2.45) is 0 Å². The fourth-order valence-corrected chi connectivity index (χ4v) is 3.47. The summed E-state index contributed by atoms with van der Waals surface area (Å²) in [6.07, 6.45) is 5.52. The van der Waals surface area contributed by atoms with Crippen LogP contribution < -0.4 is 0 Å². The van der Waals surface area contributed by atoms with Gasteiger partial charge >= 0.3 is 5.97 Å². The maximum Gasteiger partial charge on any atom is 0.306 e. The van der Waals surface area contributed by atoms with Gasteiger partial charge in [-0.3, -0.25) is 4.79 Å². The van der Waals surface area contributed by atoms with Crippen molar-refractivity contribution in [2.45, 2.75) is 38.7 Å². The fourth-order valence-electron chi connectivity index (χ4n) is 3.47. The van der Waals surface area contributed by atoms with Crippen LogP contribution in [-0.4, -0.2) is 22.7 Å². The van der Waals surface area contributed by atoms with E-state index in [2.05, 4.69) is 23.2 Å². The smallest absolute Gasteiger partial charge is 0.306 e. The summed E-state index contributed by atoms with van der Waals surface area (Å²) in [6, 6.07) is 6.21. The Morgan fingerprint density at radius 3 is 3.00 bits per heavy atom. The van der Waals surface area contributed by atoms with Crippen molar-refractivity contribution in [3.05, 3.63) is 41.1 Å². The number of benzene rings is 1. The molecule has 2 heterocycles. The summed E-state index contributed by atoms with van der Waals surface area (Å²) in [5, 5.41) is 10.5. The van der Waals surface area contributed by atoms with Gasteiger partial charge in [0.1, 0.15) is 5.60 Å². The lowest BCUT2D eigenvalue weighted by Crippen LogP contribution is -2.37. The third-order valence-electron chi connectivity index (χ3n) is 4.51. The van der Waals surface area contributed by atoms with Crippen LogP contribution in [0.1, 0.15) is 43.5 Å². The van der Waals surface area contributed by atoms with Crippen LogP contribution in [0.25, 0.3) is 17.0 Å². The lowest BCUT2D eigenvalue weighted by molar-refractivity contribution is -0.148. The predicted octanol–water partition coefficient (Wildman–Crippen LogP) is 3.85. The monoisotopic (exact) mass is 299 g/mol. The van der Waals surface area contributed by atoms with Gasteiger partial charge in [-0.05, 0) is 30.9 Å². The number of fused-ring (bicyclic) bond motifs is 3. The van der Waals surface area contributed by atoms with Gasteiger partial charge in [-0.25, -0.2) is 0 Å². The molecule has 1 aromatic carbocycles. The molecule has 0 fully saturated rings. The summed E-state index contributed by atoms with van der Waals surface area (Å²) >= 11 is 0. The molecule has 1 atom stereocenters. The largest absolute Gasteiger partial charge is 0.481 e. The number of rotatable bonds is 4. The quantitative estimate of drug-likeness (QED) is 0.901. The van der Waals surface area contributed by atoms with Gasteiger partial charge in [0, 0.05) is 5.39 Å². The molecule has 116 valence electrons. The highest BCUT2D eigenvalue weighted by Crippen LogP contribution is 2.42. The number of aromatic amines is 1. The summed E-state index contributed by atoms with van der Waals surface area (Å²) in [4.78, 5) is 14.8. The van der Waals surface area contributed by atoms with E-state index in [0.717, 1.165) is 23.2 Å². The molecular weight excluding hydrogens is 278 g/mol. The first-order chi connectivity index (χ1) is 10.6. The number of carbonyl (C=O) groups is 1. The summed E-state index contributed by atoms with van der Waals surface area (Å²) in [5.74, 6) is -0.831. The topological polar surface area (TPSA) is 62.3 Å². The molecule has 3 rings (SSSR count). The van der Waals surface area contributed by atoms with Crippen molar-refractivity contribution < 1.29 is 14.6 Å². The number of hydrogen-bond donors (Lipinski definition) is 2. The molecule has 1 unspecified atom stereocenters. The van der Waals surface area contributed by atoms with E-state index in [4.69, 9.17) is 4.74 Å². The van der Waals surface area contributed by atoms with Crippen LogP contribution in [0, 0.1) is 0 Å². The van der Waals surface area contributed by atoms with Crippen LogP contribution in [0.4, 0.5) is 0 Å². The molecule has 2 aromatic rings. The van der Waals surface area contributed by atoms with E-state index in [1.54, 1.807) is 0 Å². The van der Waals surface area contributed by atoms with E-state index in [-0.39, 0.29) is 6.42 Å². The molecule has 2 N–H and O–H groups in total. The van der Waals surface area contributed by atoms with Crippen LogP contribution in [0.2, 0.25) is 0 Å². The maximum atomic E-state index is 11.3. The molecule has 1 aliphatic heterocycles. The van der Waals surface area contributed by atoms with E-state index in [1.165, 1.54) is 10.9 Å². The SMILES string of the molecule is CC=Cc1cccc2c3c([nH]c12)C(CC)(CC(=O)O)OCC3. The highest BCUT2D eigenvalue weighted by molar-refractivity contribution is 5.92. The molecule has 0 bridgehead atoms. The second-order valence-corrected chi connectivity index (χ2v) is 5.77. The Kier molecular flexibility index (Phi) is 3.79. The average molecular weight is 299 g/mol. The second-order valence-electron chi connectivity index (χ2n) is 5.77. The van der Waals surface area contributed by atoms with E-state index >= 15 is 0 Å². The fraction of sp³-hybridized carbons (Fsp3) is 0.389. The van der Waals surface area contributed by atoms with Crippen LogP contribution in [0.3, 0.4) is 0 Å². The molecule has 4 heteroatoms. The van der Waals surface area contributed by atoms with Crippen molar-refractivity contribution >= 4 is 22.9 Å². The van der Waals surface area contributed by atoms with Crippen molar-refractivity contribution in [3.63, 3.8) is 0 Å². The molecule has 0 radical (unpaired) electrons. The summed E-state index contributed by atoms with van der Waals surface area (Å²) in [5.41, 5.74) is 3.59. The predicted molar refractivity (Wildman–Crippen MR) is 86.9 cm³/mol. The van der Waals surface area contributed by atoms with Crippen LogP contribution in [-0.2, 0) is 21.6 Å². The molecular formula is C18H21NO3. The molecule has 22 heavy (non-hydrogen) atoms. The number of nitrogens with one attached hydrogen (secondary N) is 1. The van der Waals surface area contributed by atoms with E-state index in [9.17, 15) is 9.90 Å². The van der Waals surface area contributed by atoms with Gasteiger partial charge in [-0.2, -0.15) is 0 Å². The first-order valence-corrected chi connectivity index (χ1v) is 7.74. The first kappa shape index (κ1) is 14.9. The number of ether oxygens (including phenoxy) is 1. The molecule has 1 aromatic heterocycles. The third kappa shape index (κ3) is 2.24. The van der Waals surface area contributed by atoms with Crippen LogP contribution >= 0.6 is 0 Å². The van der Waals surface area contributed by atoms with Crippen molar-refractivity contribution in [2.75, 3.05) is 6.61 Å². The lowest BCUT2D eigenvalue weighted by atomic mass is 9.86. The standard InChI is InChI=1S/C18H21NO3/c1-3-6-12-7-5-8-13-14-9-10-22-18(4-2,11-15(20)21)17(14)19-16(12)13/h3,5-8,19H,4,9-11H2,1-2H3,(H,20,21). The summed E-state index contributed by atoms with van der Waals surface area (Å²) in [7, 11) is 0. The van der Waals surface area contributed by atoms with Gasteiger partial charge < -0.3 is 14.8 Å². The molecule has 4 nitrogen and oxygen atoms in total. The number of aromatic nitrogens is 1. The van der Waals surface area contributed by atoms with Crippen molar-refractivity contribution in [1.82, 2.24) is 4.98 Å². The Morgan fingerprint density at radius 1 is 1.50 bits per heavy atom.